The predicted molar refractivity (Wildman–Crippen MR) is 74.8 cm³/mol. The van der Waals surface area contributed by atoms with Gasteiger partial charge in [0.15, 0.2) is 6.17 Å². The van der Waals surface area contributed by atoms with Crippen LogP contribution < -0.4 is 0 Å². The zero-order valence-electron chi connectivity index (χ0n) is 10.6. The SMILES string of the molecule is O=C=NC(N=C=O)C(c1ccccc1)c1ccccc1. The zero-order valence-corrected chi connectivity index (χ0v) is 10.6. The summed E-state index contributed by atoms with van der Waals surface area (Å²) in [5.74, 6) is -0.319. The normalized spacial score (nSPS) is 11.2. The van der Waals surface area contributed by atoms with Gasteiger partial charge in [-0.25, -0.2) is 9.59 Å². The molecular weight excluding hydrogens is 252 g/mol. The molecule has 0 spiro atoms. The smallest absolute Gasteiger partial charge is 0.211 e. The average molecular weight is 264 g/mol. The van der Waals surface area contributed by atoms with Crippen molar-refractivity contribution in [3.8, 4) is 0 Å². The van der Waals surface area contributed by atoms with Gasteiger partial charge in [0.2, 0.25) is 12.2 Å². The van der Waals surface area contributed by atoms with Crippen LogP contribution in [0.1, 0.15) is 17.0 Å². The number of benzene rings is 2. The minimum atomic E-state index is -0.852. The monoisotopic (exact) mass is 264 g/mol. The molecule has 4 heteroatoms. The highest BCUT2D eigenvalue weighted by Crippen LogP contribution is 2.30. The summed E-state index contributed by atoms with van der Waals surface area (Å²) < 4.78 is 0. The fourth-order valence-electron chi connectivity index (χ4n) is 2.14. The molecule has 0 amide bonds. The van der Waals surface area contributed by atoms with Crippen LogP contribution in [-0.2, 0) is 9.59 Å². The Balaban J connectivity index is 2.54. The molecule has 0 unspecified atom stereocenters. The molecule has 20 heavy (non-hydrogen) atoms. The molecule has 98 valence electrons. The minimum Gasteiger partial charge on any atom is -0.211 e. The van der Waals surface area contributed by atoms with Crippen LogP contribution in [0.4, 0.5) is 0 Å². The van der Waals surface area contributed by atoms with E-state index in [2.05, 4.69) is 9.98 Å². The molecule has 0 heterocycles. The van der Waals surface area contributed by atoms with Crippen molar-refractivity contribution in [3.05, 3.63) is 71.8 Å². The Morgan fingerprint density at radius 3 is 1.45 bits per heavy atom. The average Bonchev–Trinajstić information content (AvgIpc) is 2.50. The van der Waals surface area contributed by atoms with Crippen molar-refractivity contribution in [3.63, 3.8) is 0 Å². The Morgan fingerprint density at radius 1 is 0.700 bits per heavy atom. The third kappa shape index (κ3) is 3.15. The fraction of sp³-hybridized carbons (Fsp3) is 0.125. The van der Waals surface area contributed by atoms with Crippen LogP contribution in [0.25, 0.3) is 0 Å². The van der Waals surface area contributed by atoms with E-state index < -0.39 is 6.17 Å². The van der Waals surface area contributed by atoms with Crippen LogP contribution in [0.3, 0.4) is 0 Å². The number of isocyanates is 2. The highest BCUT2D eigenvalue weighted by Gasteiger charge is 2.24. The summed E-state index contributed by atoms with van der Waals surface area (Å²) in [5.41, 5.74) is 1.84. The summed E-state index contributed by atoms with van der Waals surface area (Å²) in [7, 11) is 0. The topological polar surface area (TPSA) is 58.9 Å². The number of rotatable bonds is 5. The van der Waals surface area contributed by atoms with E-state index in [-0.39, 0.29) is 5.92 Å². The van der Waals surface area contributed by atoms with Crippen LogP contribution in [-0.4, -0.2) is 18.3 Å². The second kappa shape index (κ2) is 6.95. The first kappa shape index (κ1) is 13.6. The summed E-state index contributed by atoms with van der Waals surface area (Å²) in [4.78, 5) is 28.4. The van der Waals surface area contributed by atoms with Crippen molar-refractivity contribution in [2.45, 2.75) is 12.1 Å². The molecule has 0 bridgehead atoms. The summed E-state index contributed by atoms with van der Waals surface area (Å²) in [6.07, 6.45) is 2.10. The first-order chi connectivity index (χ1) is 9.86. The number of hydrogen-bond donors (Lipinski definition) is 0. The van der Waals surface area contributed by atoms with Gasteiger partial charge in [0.25, 0.3) is 0 Å². The quantitative estimate of drug-likeness (QED) is 0.616. The highest BCUT2D eigenvalue weighted by molar-refractivity contribution is 5.42. The maximum atomic E-state index is 10.6. The zero-order chi connectivity index (χ0) is 14.2. The summed E-state index contributed by atoms with van der Waals surface area (Å²) in [6.45, 7) is 0. The Morgan fingerprint density at radius 2 is 1.10 bits per heavy atom. The molecule has 0 saturated heterocycles. The van der Waals surface area contributed by atoms with Gasteiger partial charge in [0.05, 0.1) is 5.92 Å². The number of nitrogens with zero attached hydrogens (tertiary/aromatic N) is 2. The lowest BCUT2D eigenvalue weighted by molar-refractivity contribution is 0.538. The van der Waals surface area contributed by atoms with Crippen LogP contribution >= 0.6 is 0 Å². The second-order valence-electron chi connectivity index (χ2n) is 4.15. The molecule has 0 aliphatic rings. The van der Waals surface area contributed by atoms with Crippen molar-refractivity contribution in [2.75, 3.05) is 0 Å². The Labute approximate surface area is 116 Å². The minimum absolute atomic E-state index is 0.319. The molecule has 4 nitrogen and oxygen atoms in total. The summed E-state index contributed by atoms with van der Waals surface area (Å²) in [5, 5.41) is 0. The largest absolute Gasteiger partial charge is 0.237 e. The molecule has 2 aromatic rings. The number of carbonyl (C=O) groups excluding carboxylic acids is 2. The molecule has 0 saturated carbocycles. The van der Waals surface area contributed by atoms with Crippen molar-refractivity contribution < 1.29 is 9.59 Å². The summed E-state index contributed by atoms with van der Waals surface area (Å²) in [6, 6.07) is 19.0. The molecule has 0 fully saturated rings. The lowest BCUT2D eigenvalue weighted by Gasteiger charge is -2.20. The number of aliphatic imine (C=N–C) groups is 2. The van der Waals surface area contributed by atoms with Gasteiger partial charge in [0, 0.05) is 0 Å². The van der Waals surface area contributed by atoms with Crippen molar-refractivity contribution in [1.82, 2.24) is 0 Å². The standard InChI is InChI=1S/C16H12N2O2/c19-11-17-16(18-12-20)15(13-7-3-1-4-8-13)14-9-5-2-6-10-14/h1-10,15-16H. The van der Waals surface area contributed by atoms with Crippen LogP contribution in [0.5, 0.6) is 0 Å². The number of hydrogen-bond acceptors (Lipinski definition) is 4. The molecule has 2 aromatic carbocycles. The van der Waals surface area contributed by atoms with Crippen LogP contribution in [0.15, 0.2) is 70.6 Å². The van der Waals surface area contributed by atoms with Crippen molar-refractivity contribution >= 4 is 12.2 Å². The van der Waals surface area contributed by atoms with Gasteiger partial charge in [-0.2, -0.15) is 9.98 Å². The van der Waals surface area contributed by atoms with E-state index in [1.807, 2.05) is 60.7 Å². The second-order valence-corrected chi connectivity index (χ2v) is 4.15. The Bertz CT molecular complexity index is 585. The van der Waals surface area contributed by atoms with Gasteiger partial charge in [-0.05, 0) is 11.1 Å². The molecule has 0 atom stereocenters. The van der Waals surface area contributed by atoms with E-state index in [0.717, 1.165) is 11.1 Å². The Hall–Kier alpha value is -2.80. The molecule has 0 aromatic heterocycles. The van der Waals surface area contributed by atoms with Crippen LogP contribution in [0, 0.1) is 0 Å². The highest BCUT2D eigenvalue weighted by atomic mass is 16.1. The van der Waals surface area contributed by atoms with Crippen molar-refractivity contribution in [1.29, 1.82) is 0 Å². The lowest BCUT2D eigenvalue weighted by atomic mass is 9.89. The molecule has 0 radical (unpaired) electrons. The Kier molecular flexibility index (Phi) is 4.74. The van der Waals surface area contributed by atoms with E-state index in [0.29, 0.717) is 0 Å². The van der Waals surface area contributed by atoms with Crippen LogP contribution in [0.2, 0.25) is 0 Å². The molecule has 0 N–H and O–H groups in total. The first-order valence-corrected chi connectivity index (χ1v) is 6.10. The van der Waals surface area contributed by atoms with Gasteiger partial charge >= 0.3 is 0 Å². The maximum Gasteiger partial charge on any atom is 0.237 e. The lowest BCUT2D eigenvalue weighted by Crippen LogP contribution is -2.16. The first-order valence-electron chi connectivity index (χ1n) is 6.10. The van der Waals surface area contributed by atoms with E-state index in [1.165, 1.54) is 12.2 Å². The van der Waals surface area contributed by atoms with E-state index in [1.54, 1.807) is 0 Å². The van der Waals surface area contributed by atoms with Gasteiger partial charge in [-0.15, -0.1) is 0 Å². The van der Waals surface area contributed by atoms with E-state index in [4.69, 9.17) is 0 Å². The fourth-order valence-corrected chi connectivity index (χ4v) is 2.14. The molecular formula is C16H12N2O2. The van der Waals surface area contributed by atoms with E-state index >= 15 is 0 Å². The maximum absolute atomic E-state index is 10.6. The molecule has 2 rings (SSSR count). The van der Waals surface area contributed by atoms with Crippen molar-refractivity contribution in [2.24, 2.45) is 9.98 Å². The van der Waals surface area contributed by atoms with Gasteiger partial charge < -0.3 is 0 Å². The third-order valence-corrected chi connectivity index (χ3v) is 2.99. The van der Waals surface area contributed by atoms with E-state index in [9.17, 15) is 9.59 Å². The molecule has 0 aliphatic heterocycles. The summed E-state index contributed by atoms with van der Waals surface area (Å²) >= 11 is 0. The van der Waals surface area contributed by atoms with Gasteiger partial charge in [-0.3, -0.25) is 0 Å². The predicted octanol–water partition coefficient (Wildman–Crippen LogP) is 2.82. The van der Waals surface area contributed by atoms with Gasteiger partial charge in [-0.1, -0.05) is 60.7 Å². The third-order valence-electron chi connectivity index (χ3n) is 2.99. The molecule has 0 aliphatic carbocycles. The van der Waals surface area contributed by atoms with Gasteiger partial charge in [0.1, 0.15) is 0 Å².